The molecule has 2 aliphatic rings. The first kappa shape index (κ1) is 21.0. The van der Waals surface area contributed by atoms with Gasteiger partial charge in [0, 0.05) is 58.3 Å². The van der Waals surface area contributed by atoms with Crippen LogP contribution in [0.1, 0.15) is 41.5 Å². The van der Waals surface area contributed by atoms with Crippen molar-refractivity contribution in [3.63, 3.8) is 0 Å². The molecule has 2 heterocycles. The quantitative estimate of drug-likeness (QED) is 0.593. The molecule has 0 aromatic heterocycles. The SMILES string of the molecule is CCNC(=NCC(C)(C)N1CC(C)OC(C)C1)N1CCN(C(C)=O)CC1. The fraction of sp³-hybridized carbons (Fsp3) is 0.895. The zero-order valence-corrected chi connectivity index (χ0v) is 17.4. The van der Waals surface area contributed by atoms with Crippen LogP contribution in [0.15, 0.2) is 4.99 Å². The Kier molecular flexibility index (Phi) is 7.29. The van der Waals surface area contributed by atoms with Crippen molar-refractivity contribution in [2.45, 2.75) is 59.3 Å². The Morgan fingerprint density at radius 3 is 2.15 bits per heavy atom. The molecule has 2 rings (SSSR count). The van der Waals surface area contributed by atoms with Gasteiger partial charge in [-0.2, -0.15) is 0 Å². The summed E-state index contributed by atoms with van der Waals surface area (Å²) >= 11 is 0. The van der Waals surface area contributed by atoms with E-state index in [0.717, 1.165) is 58.3 Å². The third kappa shape index (κ3) is 5.58. The van der Waals surface area contributed by atoms with Gasteiger partial charge in [0.25, 0.3) is 0 Å². The summed E-state index contributed by atoms with van der Waals surface area (Å²) < 4.78 is 5.87. The van der Waals surface area contributed by atoms with Crippen LogP contribution in [0.2, 0.25) is 0 Å². The number of amides is 1. The highest BCUT2D eigenvalue weighted by molar-refractivity contribution is 5.80. The topological polar surface area (TPSA) is 60.4 Å². The fourth-order valence-electron chi connectivity index (χ4n) is 3.70. The largest absolute Gasteiger partial charge is 0.373 e. The van der Waals surface area contributed by atoms with E-state index >= 15 is 0 Å². The average Bonchev–Trinajstić information content (AvgIpc) is 2.58. The summed E-state index contributed by atoms with van der Waals surface area (Å²) in [6.45, 7) is 19.2. The van der Waals surface area contributed by atoms with Crippen molar-refractivity contribution in [3.05, 3.63) is 0 Å². The Balaban J connectivity index is 2.00. The Morgan fingerprint density at radius 2 is 1.65 bits per heavy atom. The molecule has 0 saturated carbocycles. The molecule has 0 aromatic carbocycles. The van der Waals surface area contributed by atoms with Crippen molar-refractivity contribution < 1.29 is 9.53 Å². The summed E-state index contributed by atoms with van der Waals surface area (Å²) in [6, 6.07) is 0. The van der Waals surface area contributed by atoms with Crippen LogP contribution < -0.4 is 5.32 Å². The van der Waals surface area contributed by atoms with Crippen LogP contribution in [0.5, 0.6) is 0 Å². The van der Waals surface area contributed by atoms with Gasteiger partial charge >= 0.3 is 0 Å². The molecular weight excluding hydrogens is 330 g/mol. The molecule has 1 N–H and O–H groups in total. The van der Waals surface area contributed by atoms with Crippen molar-refractivity contribution in [1.29, 1.82) is 0 Å². The minimum Gasteiger partial charge on any atom is -0.373 e. The van der Waals surface area contributed by atoms with E-state index in [1.165, 1.54) is 0 Å². The second-order valence-corrected chi connectivity index (χ2v) is 8.14. The van der Waals surface area contributed by atoms with Crippen molar-refractivity contribution in [1.82, 2.24) is 20.0 Å². The lowest BCUT2D eigenvalue weighted by Crippen LogP contribution is -2.57. The summed E-state index contributed by atoms with van der Waals surface area (Å²) in [5, 5.41) is 3.42. The van der Waals surface area contributed by atoms with E-state index in [9.17, 15) is 4.79 Å². The summed E-state index contributed by atoms with van der Waals surface area (Å²) in [6.07, 6.45) is 0.518. The van der Waals surface area contributed by atoms with Gasteiger partial charge in [0.1, 0.15) is 0 Å². The van der Waals surface area contributed by atoms with E-state index < -0.39 is 0 Å². The molecule has 0 spiro atoms. The second-order valence-electron chi connectivity index (χ2n) is 8.14. The molecule has 2 aliphatic heterocycles. The number of guanidine groups is 1. The maximum Gasteiger partial charge on any atom is 0.219 e. The fourth-order valence-corrected chi connectivity index (χ4v) is 3.70. The van der Waals surface area contributed by atoms with Crippen LogP contribution in [0.25, 0.3) is 0 Å². The van der Waals surface area contributed by atoms with Crippen LogP contribution in [0.3, 0.4) is 0 Å². The van der Waals surface area contributed by atoms with Gasteiger partial charge in [0.15, 0.2) is 5.96 Å². The molecule has 2 atom stereocenters. The molecule has 2 saturated heterocycles. The molecule has 150 valence electrons. The Hall–Kier alpha value is -1.34. The smallest absolute Gasteiger partial charge is 0.219 e. The number of aliphatic imine (C=N–C) groups is 1. The van der Waals surface area contributed by atoms with Gasteiger partial charge in [-0.3, -0.25) is 14.7 Å². The maximum absolute atomic E-state index is 11.5. The molecule has 26 heavy (non-hydrogen) atoms. The number of nitrogens with zero attached hydrogens (tertiary/aromatic N) is 4. The average molecular weight is 368 g/mol. The van der Waals surface area contributed by atoms with Crippen LogP contribution in [-0.2, 0) is 9.53 Å². The number of piperazine rings is 1. The van der Waals surface area contributed by atoms with Crippen molar-refractivity contribution in [3.8, 4) is 0 Å². The molecule has 0 radical (unpaired) electrons. The predicted octanol–water partition coefficient (Wildman–Crippen LogP) is 1.00. The number of carbonyl (C=O) groups excluding carboxylic acids is 1. The van der Waals surface area contributed by atoms with E-state index in [2.05, 4.69) is 49.7 Å². The Labute approximate surface area is 158 Å². The lowest BCUT2D eigenvalue weighted by atomic mass is 10.0. The van der Waals surface area contributed by atoms with Crippen molar-refractivity contribution >= 4 is 11.9 Å². The third-order valence-corrected chi connectivity index (χ3v) is 5.25. The van der Waals surface area contributed by atoms with Crippen molar-refractivity contribution in [2.75, 3.05) is 52.4 Å². The summed E-state index contributed by atoms with van der Waals surface area (Å²) in [5.74, 6) is 1.11. The van der Waals surface area contributed by atoms with Gasteiger partial charge in [-0.15, -0.1) is 0 Å². The highest BCUT2D eigenvalue weighted by Gasteiger charge is 2.33. The van der Waals surface area contributed by atoms with Gasteiger partial charge in [0.05, 0.1) is 18.8 Å². The van der Waals surface area contributed by atoms with Crippen LogP contribution in [-0.4, -0.2) is 96.7 Å². The minimum atomic E-state index is -0.0197. The van der Waals surface area contributed by atoms with E-state index in [0.29, 0.717) is 0 Å². The molecule has 7 nitrogen and oxygen atoms in total. The zero-order chi connectivity index (χ0) is 19.3. The van der Waals surface area contributed by atoms with Gasteiger partial charge in [-0.05, 0) is 34.6 Å². The Bertz CT molecular complexity index is 490. The van der Waals surface area contributed by atoms with Crippen molar-refractivity contribution in [2.24, 2.45) is 4.99 Å². The number of ether oxygens (including phenoxy) is 1. The van der Waals surface area contributed by atoms with E-state index in [1.54, 1.807) is 6.92 Å². The molecule has 2 fully saturated rings. The van der Waals surface area contributed by atoms with E-state index in [1.807, 2.05) is 4.90 Å². The number of carbonyl (C=O) groups is 1. The number of nitrogens with one attached hydrogen (secondary N) is 1. The van der Waals surface area contributed by atoms with E-state index in [-0.39, 0.29) is 23.7 Å². The first-order valence-electron chi connectivity index (χ1n) is 9.92. The number of hydrogen-bond acceptors (Lipinski definition) is 4. The van der Waals surface area contributed by atoms with Gasteiger partial charge in [0.2, 0.25) is 5.91 Å². The third-order valence-electron chi connectivity index (χ3n) is 5.25. The summed E-state index contributed by atoms with van der Waals surface area (Å²) in [7, 11) is 0. The first-order chi connectivity index (χ1) is 12.2. The molecular formula is C19H37N5O2. The Morgan fingerprint density at radius 1 is 1.12 bits per heavy atom. The highest BCUT2D eigenvalue weighted by atomic mass is 16.5. The molecule has 2 unspecified atom stereocenters. The van der Waals surface area contributed by atoms with Gasteiger partial charge in [-0.1, -0.05) is 0 Å². The van der Waals surface area contributed by atoms with E-state index in [4.69, 9.17) is 9.73 Å². The predicted molar refractivity (Wildman–Crippen MR) is 105 cm³/mol. The number of hydrogen-bond donors (Lipinski definition) is 1. The molecule has 7 heteroatoms. The maximum atomic E-state index is 11.5. The first-order valence-corrected chi connectivity index (χ1v) is 9.92. The zero-order valence-electron chi connectivity index (χ0n) is 17.4. The standard InChI is InChI=1S/C19H37N5O2/c1-7-20-18(23-10-8-22(9-11-23)17(4)25)21-14-19(5,6)24-12-15(2)26-16(3)13-24/h15-16H,7-14H2,1-6H3,(H,20,21). The molecule has 0 aromatic rings. The molecule has 1 amide bonds. The monoisotopic (exact) mass is 367 g/mol. The molecule has 0 aliphatic carbocycles. The van der Waals surface area contributed by atoms with Crippen LogP contribution >= 0.6 is 0 Å². The lowest BCUT2D eigenvalue weighted by Gasteiger charge is -2.44. The minimum absolute atomic E-state index is 0.0197. The second kappa shape index (κ2) is 9.04. The lowest BCUT2D eigenvalue weighted by molar-refractivity contribution is -0.130. The normalized spacial score (nSPS) is 26.2. The molecule has 0 bridgehead atoms. The van der Waals surface area contributed by atoms with Gasteiger partial charge < -0.3 is 19.9 Å². The number of morpholine rings is 1. The summed E-state index contributed by atoms with van der Waals surface area (Å²) in [4.78, 5) is 23.1. The summed E-state index contributed by atoms with van der Waals surface area (Å²) in [5.41, 5.74) is -0.0197. The van der Waals surface area contributed by atoms with Crippen LogP contribution in [0.4, 0.5) is 0 Å². The van der Waals surface area contributed by atoms with Gasteiger partial charge in [-0.25, -0.2) is 0 Å². The highest BCUT2D eigenvalue weighted by Crippen LogP contribution is 2.21. The van der Waals surface area contributed by atoms with Crippen LogP contribution in [0, 0.1) is 0 Å². The number of rotatable bonds is 4.